The van der Waals surface area contributed by atoms with Crippen molar-refractivity contribution in [3.63, 3.8) is 0 Å². The summed E-state index contributed by atoms with van der Waals surface area (Å²) >= 11 is 0. The van der Waals surface area contributed by atoms with Crippen LogP contribution in [0, 0.1) is 0 Å². The van der Waals surface area contributed by atoms with Crippen LogP contribution in [0.15, 0.2) is 53.8 Å². The van der Waals surface area contributed by atoms with Gasteiger partial charge in [0.1, 0.15) is 0 Å². The van der Waals surface area contributed by atoms with Crippen LogP contribution < -0.4 is 16.0 Å². The van der Waals surface area contributed by atoms with Crippen LogP contribution in [-0.2, 0) is 11.3 Å². The second-order valence-electron chi connectivity index (χ2n) is 7.64. The van der Waals surface area contributed by atoms with Crippen LogP contribution in [0.1, 0.15) is 37.8 Å². The van der Waals surface area contributed by atoms with Crippen LogP contribution >= 0.6 is 24.0 Å². The number of ether oxygens (including phenoxy) is 1. The third-order valence-corrected chi connectivity index (χ3v) is 5.51. The number of benzene rings is 1. The first-order valence-corrected chi connectivity index (χ1v) is 10.5. The lowest BCUT2D eigenvalue weighted by atomic mass is 9.88. The Bertz CT molecular complexity index is 731. The largest absolute Gasteiger partial charge is 0.381 e. The summed E-state index contributed by atoms with van der Waals surface area (Å²) in [6.07, 6.45) is 6.75. The summed E-state index contributed by atoms with van der Waals surface area (Å²) in [5.41, 5.74) is 1.29. The standard InChI is InChI=1S/C22H34N6O.HI/c1-19(20-8-4-3-5-9-20)27-22(10-16-29-17-11-22)18-25-21(23-2)24-12-6-14-28-15-7-13-26-28;/h3-5,7-9,13,15,19,27H,6,10-12,14,16-18H2,1-2H3,(H2,23,24,25);1H. The number of guanidine groups is 1. The van der Waals surface area contributed by atoms with Crippen molar-refractivity contribution in [2.75, 3.05) is 33.4 Å². The highest BCUT2D eigenvalue weighted by atomic mass is 127. The molecule has 0 spiro atoms. The van der Waals surface area contributed by atoms with Gasteiger partial charge in [0.15, 0.2) is 5.96 Å². The predicted molar refractivity (Wildman–Crippen MR) is 132 cm³/mol. The van der Waals surface area contributed by atoms with Gasteiger partial charge in [-0.05, 0) is 37.8 Å². The van der Waals surface area contributed by atoms with Gasteiger partial charge in [0, 0.05) is 63.9 Å². The second kappa shape index (κ2) is 12.9. The SMILES string of the molecule is CN=C(NCCCn1cccn1)NCC1(NC(C)c2ccccc2)CCOCC1.I. The Morgan fingerprint density at radius 2 is 1.97 bits per heavy atom. The summed E-state index contributed by atoms with van der Waals surface area (Å²) in [5.74, 6) is 0.838. The van der Waals surface area contributed by atoms with Crippen molar-refractivity contribution in [1.29, 1.82) is 0 Å². The zero-order valence-corrected chi connectivity index (χ0v) is 20.3. The number of hydrogen-bond donors (Lipinski definition) is 3. The van der Waals surface area contributed by atoms with E-state index in [4.69, 9.17) is 4.74 Å². The maximum Gasteiger partial charge on any atom is 0.191 e. The van der Waals surface area contributed by atoms with Crippen molar-refractivity contribution in [3.05, 3.63) is 54.4 Å². The van der Waals surface area contributed by atoms with Crippen LogP contribution in [0.4, 0.5) is 0 Å². The zero-order valence-electron chi connectivity index (χ0n) is 18.0. The van der Waals surface area contributed by atoms with Crippen LogP contribution in [0.25, 0.3) is 0 Å². The fraction of sp³-hybridized carbons (Fsp3) is 0.545. The van der Waals surface area contributed by atoms with E-state index in [1.807, 2.05) is 30.2 Å². The number of nitrogens with zero attached hydrogens (tertiary/aromatic N) is 3. The Labute approximate surface area is 197 Å². The minimum Gasteiger partial charge on any atom is -0.381 e. The molecule has 0 saturated carbocycles. The molecule has 166 valence electrons. The monoisotopic (exact) mass is 526 g/mol. The number of aromatic nitrogens is 2. The quantitative estimate of drug-likeness (QED) is 0.203. The molecule has 0 amide bonds. The van der Waals surface area contributed by atoms with Crippen molar-refractivity contribution in [2.24, 2.45) is 4.99 Å². The van der Waals surface area contributed by atoms with E-state index in [1.165, 1.54) is 5.56 Å². The first-order chi connectivity index (χ1) is 14.2. The number of rotatable bonds is 9. The van der Waals surface area contributed by atoms with E-state index in [1.54, 1.807) is 0 Å². The molecule has 3 N–H and O–H groups in total. The molecule has 2 aromatic rings. The number of aryl methyl sites for hydroxylation is 1. The van der Waals surface area contributed by atoms with Crippen LogP contribution in [0.2, 0.25) is 0 Å². The Balaban J connectivity index is 0.00000320. The Morgan fingerprint density at radius 3 is 2.63 bits per heavy atom. The fourth-order valence-corrected chi connectivity index (χ4v) is 3.77. The normalized spacial score (nSPS) is 17.1. The van der Waals surface area contributed by atoms with Gasteiger partial charge in [0.2, 0.25) is 0 Å². The molecule has 7 nitrogen and oxygen atoms in total. The second-order valence-corrected chi connectivity index (χ2v) is 7.64. The average Bonchev–Trinajstić information content (AvgIpc) is 3.28. The molecule has 1 aliphatic rings. The maximum absolute atomic E-state index is 5.64. The van der Waals surface area contributed by atoms with E-state index in [0.717, 1.165) is 58.1 Å². The highest BCUT2D eigenvalue weighted by Crippen LogP contribution is 2.25. The lowest BCUT2D eigenvalue weighted by molar-refractivity contribution is 0.0355. The van der Waals surface area contributed by atoms with E-state index in [-0.39, 0.29) is 35.6 Å². The predicted octanol–water partition coefficient (Wildman–Crippen LogP) is 2.96. The molecule has 1 aliphatic heterocycles. The molecule has 1 saturated heterocycles. The van der Waals surface area contributed by atoms with Crippen molar-refractivity contribution >= 4 is 29.9 Å². The first kappa shape index (κ1) is 24.6. The number of nitrogens with one attached hydrogen (secondary N) is 3. The summed E-state index contributed by atoms with van der Waals surface area (Å²) in [6.45, 7) is 6.36. The van der Waals surface area contributed by atoms with Crippen LogP contribution in [0.3, 0.4) is 0 Å². The van der Waals surface area contributed by atoms with Crippen molar-refractivity contribution in [3.8, 4) is 0 Å². The zero-order chi connectivity index (χ0) is 20.4. The van der Waals surface area contributed by atoms with Gasteiger partial charge in [-0.25, -0.2) is 0 Å². The van der Waals surface area contributed by atoms with Crippen molar-refractivity contribution in [1.82, 2.24) is 25.7 Å². The molecule has 8 heteroatoms. The maximum atomic E-state index is 5.64. The van der Waals surface area contributed by atoms with Crippen molar-refractivity contribution < 1.29 is 4.74 Å². The minimum absolute atomic E-state index is 0. The Kier molecular flexibility index (Phi) is 10.6. The molecular formula is C22H35IN6O. The van der Waals surface area contributed by atoms with E-state index in [2.05, 4.69) is 63.3 Å². The number of aliphatic imine (C=N–C) groups is 1. The lowest BCUT2D eigenvalue weighted by Crippen LogP contribution is -2.58. The van der Waals surface area contributed by atoms with Gasteiger partial charge in [-0.15, -0.1) is 24.0 Å². The topological polar surface area (TPSA) is 75.5 Å². The Hall–Kier alpha value is -1.65. The molecule has 1 aromatic heterocycles. The highest BCUT2D eigenvalue weighted by Gasteiger charge is 2.34. The van der Waals surface area contributed by atoms with Gasteiger partial charge in [-0.2, -0.15) is 5.10 Å². The highest BCUT2D eigenvalue weighted by molar-refractivity contribution is 14.0. The Morgan fingerprint density at radius 1 is 1.20 bits per heavy atom. The lowest BCUT2D eigenvalue weighted by Gasteiger charge is -2.41. The average molecular weight is 526 g/mol. The first-order valence-electron chi connectivity index (χ1n) is 10.5. The number of halogens is 1. The molecule has 1 aromatic carbocycles. The minimum atomic E-state index is -0.0137. The van der Waals surface area contributed by atoms with E-state index in [9.17, 15) is 0 Å². The summed E-state index contributed by atoms with van der Waals surface area (Å²) in [7, 11) is 1.82. The van der Waals surface area contributed by atoms with E-state index < -0.39 is 0 Å². The molecule has 30 heavy (non-hydrogen) atoms. The van der Waals surface area contributed by atoms with Gasteiger partial charge in [-0.1, -0.05) is 30.3 Å². The van der Waals surface area contributed by atoms with Gasteiger partial charge < -0.3 is 20.7 Å². The molecule has 0 bridgehead atoms. The smallest absolute Gasteiger partial charge is 0.191 e. The molecule has 0 aliphatic carbocycles. The van der Waals surface area contributed by atoms with Crippen molar-refractivity contribution in [2.45, 2.75) is 44.3 Å². The summed E-state index contributed by atoms with van der Waals surface area (Å²) in [5, 5.41) is 15.1. The third-order valence-electron chi connectivity index (χ3n) is 5.51. The molecular weight excluding hydrogens is 491 g/mol. The third kappa shape index (κ3) is 7.55. The van der Waals surface area contributed by atoms with E-state index in [0.29, 0.717) is 0 Å². The molecule has 0 radical (unpaired) electrons. The molecule has 3 rings (SSSR count). The van der Waals surface area contributed by atoms with E-state index >= 15 is 0 Å². The van der Waals surface area contributed by atoms with Crippen LogP contribution in [0.5, 0.6) is 0 Å². The van der Waals surface area contributed by atoms with Gasteiger partial charge in [-0.3, -0.25) is 9.67 Å². The fourth-order valence-electron chi connectivity index (χ4n) is 3.77. The summed E-state index contributed by atoms with van der Waals surface area (Å²) in [6, 6.07) is 12.8. The van der Waals surface area contributed by atoms with Gasteiger partial charge in [0.05, 0.1) is 0 Å². The molecule has 1 fully saturated rings. The number of hydrogen-bond acceptors (Lipinski definition) is 4. The molecule has 1 atom stereocenters. The summed E-state index contributed by atoms with van der Waals surface area (Å²) < 4.78 is 7.59. The van der Waals surface area contributed by atoms with Gasteiger partial charge in [0.25, 0.3) is 0 Å². The molecule has 2 heterocycles. The van der Waals surface area contributed by atoms with Crippen LogP contribution in [-0.4, -0.2) is 54.6 Å². The van der Waals surface area contributed by atoms with Gasteiger partial charge >= 0.3 is 0 Å². The summed E-state index contributed by atoms with van der Waals surface area (Å²) in [4.78, 5) is 4.39. The molecule has 1 unspecified atom stereocenters.